The van der Waals surface area contributed by atoms with E-state index in [1.54, 1.807) is 0 Å². The first kappa shape index (κ1) is 9.88. The van der Waals surface area contributed by atoms with Crippen LogP contribution in [0.25, 0.3) is 0 Å². The summed E-state index contributed by atoms with van der Waals surface area (Å²) in [5.74, 6) is 0. The third-order valence-corrected chi connectivity index (χ3v) is 1.54. The van der Waals surface area contributed by atoms with Crippen molar-refractivity contribution >= 4 is 0 Å². The molecule has 0 atom stereocenters. The molecule has 0 aliphatic carbocycles. The molecule has 0 saturated heterocycles. The Labute approximate surface area is 62.4 Å². The van der Waals surface area contributed by atoms with E-state index in [0.29, 0.717) is 6.42 Å². The fraction of sp³-hybridized carbons (Fsp3) is 1.00. The minimum absolute atomic E-state index is 0.128. The van der Waals surface area contributed by atoms with Crippen molar-refractivity contribution in [3.8, 4) is 0 Å². The topological polar surface area (TPSA) is 72.3 Å². The molecule has 0 aromatic heterocycles. The summed E-state index contributed by atoms with van der Waals surface area (Å²) in [6, 6.07) is 0. The lowest BCUT2D eigenvalue weighted by Crippen LogP contribution is -2.52. The third-order valence-electron chi connectivity index (χ3n) is 1.54. The molecule has 0 aromatic rings. The minimum Gasteiger partial charge on any atom is -0.393 e. The summed E-state index contributed by atoms with van der Waals surface area (Å²) in [6.45, 7) is 1.99. The number of aliphatic hydroxyl groups is 1. The molecule has 0 aromatic carbocycles. The number of unbranched alkanes of at least 4 members (excludes halogenated alkanes) is 2. The maximum Gasteiger partial charge on any atom is 0.0874 e. The van der Waals surface area contributed by atoms with Gasteiger partial charge in [-0.15, -0.1) is 0 Å². The second kappa shape index (κ2) is 4.66. The van der Waals surface area contributed by atoms with E-state index in [4.69, 9.17) is 16.6 Å². The second-order valence-electron chi connectivity index (χ2n) is 2.85. The molecule has 0 aliphatic rings. The van der Waals surface area contributed by atoms with E-state index in [1.165, 1.54) is 0 Å². The zero-order valence-electron chi connectivity index (χ0n) is 6.64. The Morgan fingerprint density at radius 3 is 2.30 bits per heavy atom. The second-order valence-corrected chi connectivity index (χ2v) is 2.85. The van der Waals surface area contributed by atoms with E-state index in [0.717, 1.165) is 19.3 Å². The molecular weight excluding hydrogens is 128 g/mol. The molecule has 0 bridgehead atoms. The first-order chi connectivity index (χ1) is 4.62. The van der Waals surface area contributed by atoms with Gasteiger partial charge in [-0.05, 0) is 6.42 Å². The van der Waals surface area contributed by atoms with Crippen LogP contribution in [0.15, 0.2) is 0 Å². The molecule has 0 saturated carbocycles. The van der Waals surface area contributed by atoms with Crippen LogP contribution in [0.4, 0.5) is 0 Å². The van der Waals surface area contributed by atoms with Crippen molar-refractivity contribution in [3.05, 3.63) is 0 Å². The van der Waals surface area contributed by atoms with Crippen LogP contribution in [-0.4, -0.2) is 17.4 Å². The molecule has 5 N–H and O–H groups in total. The minimum atomic E-state index is -0.852. The Morgan fingerprint density at radius 1 is 1.30 bits per heavy atom. The largest absolute Gasteiger partial charge is 0.393 e. The lowest BCUT2D eigenvalue weighted by atomic mass is 10.1. The standard InChI is InChI=1S/C7H18N2O/c1-2-3-4-5-7(8,9)6-10/h10H,2-6,8-9H2,1H3. The maximum absolute atomic E-state index is 8.64. The maximum atomic E-state index is 8.64. The van der Waals surface area contributed by atoms with Crippen LogP contribution in [0.2, 0.25) is 0 Å². The van der Waals surface area contributed by atoms with E-state index < -0.39 is 5.66 Å². The summed E-state index contributed by atoms with van der Waals surface area (Å²) in [6.07, 6.45) is 4.00. The molecule has 3 heteroatoms. The van der Waals surface area contributed by atoms with Crippen LogP contribution in [-0.2, 0) is 0 Å². The molecule has 0 fully saturated rings. The number of aliphatic hydroxyl groups excluding tert-OH is 1. The first-order valence-electron chi connectivity index (χ1n) is 3.81. The molecule has 62 valence electrons. The normalized spacial score (nSPS) is 12.0. The van der Waals surface area contributed by atoms with Crippen molar-refractivity contribution in [3.63, 3.8) is 0 Å². The highest BCUT2D eigenvalue weighted by Crippen LogP contribution is 2.05. The summed E-state index contributed by atoms with van der Waals surface area (Å²) in [7, 11) is 0. The lowest BCUT2D eigenvalue weighted by Gasteiger charge is -2.20. The molecule has 0 spiro atoms. The van der Waals surface area contributed by atoms with Crippen LogP contribution in [0.1, 0.15) is 32.6 Å². The van der Waals surface area contributed by atoms with Crippen molar-refractivity contribution < 1.29 is 5.11 Å². The van der Waals surface area contributed by atoms with Gasteiger partial charge in [0.1, 0.15) is 0 Å². The van der Waals surface area contributed by atoms with Crippen LogP contribution in [0, 0.1) is 0 Å². The number of rotatable bonds is 5. The van der Waals surface area contributed by atoms with Gasteiger partial charge in [-0.25, -0.2) is 0 Å². The first-order valence-corrected chi connectivity index (χ1v) is 3.81. The van der Waals surface area contributed by atoms with Crippen molar-refractivity contribution in [1.29, 1.82) is 0 Å². The zero-order chi connectivity index (χ0) is 8.04. The number of hydrogen-bond acceptors (Lipinski definition) is 3. The number of hydrogen-bond donors (Lipinski definition) is 3. The van der Waals surface area contributed by atoms with Crippen LogP contribution in [0.3, 0.4) is 0 Å². The lowest BCUT2D eigenvalue weighted by molar-refractivity contribution is 0.188. The fourth-order valence-electron chi connectivity index (χ4n) is 0.783. The van der Waals surface area contributed by atoms with Crippen molar-refractivity contribution in [2.75, 3.05) is 6.61 Å². The third kappa shape index (κ3) is 4.73. The van der Waals surface area contributed by atoms with Gasteiger partial charge in [0.15, 0.2) is 0 Å². The average Bonchev–Trinajstić information content (AvgIpc) is 1.89. The fourth-order valence-corrected chi connectivity index (χ4v) is 0.783. The summed E-state index contributed by atoms with van der Waals surface area (Å²) >= 11 is 0. The Hall–Kier alpha value is -0.120. The Morgan fingerprint density at radius 2 is 1.90 bits per heavy atom. The Bertz CT molecular complexity index is 83.7. The van der Waals surface area contributed by atoms with Gasteiger partial charge < -0.3 is 16.6 Å². The summed E-state index contributed by atoms with van der Waals surface area (Å²) in [4.78, 5) is 0. The van der Waals surface area contributed by atoms with E-state index in [2.05, 4.69) is 6.92 Å². The number of nitrogens with two attached hydrogens (primary N) is 2. The summed E-state index contributed by atoms with van der Waals surface area (Å²) in [5.41, 5.74) is 10.1. The molecule has 0 aliphatic heterocycles. The van der Waals surface area contributed by atoms with E-state index in [9.17, 15) is 0 Å². The van der Waals surface area contributed by atoms with Crippen molar-refractivity contribution in [2.45, 2.75) is 38.3 Å². The van der Waals surface area contributed by atoms with Gasteiger partial charge in [0.2, 0.25) is 0 Å². The molecule has 3 nitrogen and oxygen atoms in total. The SMILES string of the molecule is CCCCCC(N)(N)CO. The van der Waals surface area contributed by atoms with Gasteiger partial charge in [0, 0.05) is 0 Å². The Balaban J connectivity index is 3.28. The van der Waals surface area contributed by atoms with Gasteiger partial charge >= 0.3 is 0 Å². The molecule has 0 rings (SSSR count). The summed E-state index contributed by atoms with van der Waals surface area (Å²) in [5, 5.41) is 8.64. The average molecular weight is 146 g/mol. The quantitative estimate of drug-likeness (QED) is 0.382. The highest BCUT2D eigenvalue weighted by Gasteiger charge is 2.15. The smallest absolute Gasteiger partial charge is 0.0874 e. The van der Waals surface area contributed by atoms with E-state index in [1.807, 2.05) is 0 Å². The Kier molecular flexibility index (Phi) is 4.60. The molecular formula is C7H18N2O. The molecule has 0 heterocycles. The predicted molar refractivity (Wildman–Crippen MR) is 42.3 cm³/mol. The van der Waals surface area contributed by atoms with Crippen LogP contribution >= 0.6 is 0 Å². The van der Waals surface area contributed by atoms with E-state index >= 15 is 0 Å². The molecule has 0 radical (unpaired) electrons. The van der Waals surface area contributed by atoms with Gasteiger partial charge in [-0.1, -0.05) is 26.2 Å². The highest BCUT2D eigenvalue weighted by atomic mass is 16.3. The van der Waals surface area contributed by atoms with E-state index in [-0.39, 0.29) is 6.61 Å². The van der Waals surface area contributed by atoms with Crippen LogP contribution in [0.5, 0.6) is 0 Å². The van der Waals surface area contributed by atoms with Crippen LogP contribution < -0.4 is 11.5 Å². The van der Waals surface area contributed by atoms with Gasteiger partial charge in [-0.2, -0.15) is 0 Å². The highest BCUT2D eigenvalue weighted by molar-refractivity contribution is 4.74. The van der Waals surface area contributed by atoms with Crippen molar-refractivity contribution in [1.82, 2.24) is 0 Å². The predicted octanol–water partition coefficient (Wildman–Crippen LogP) is 0.173. The van der Waals surface area contributed by atoms with Crippen molar-refractivity contribution in [2.24, 2.45) is 11.5 Å². The monoisotopic (exact) mass is 146 g/mol. The zero-order valence-corrected chi connectivity index (χ0v) is 6.64. The molecule has 10 heavy (non-hydrogen) atoms. The molecule has 0 unspecified atom stereocenters. The summed E-state index contributed by atoms with van der Waals surface area (Å²) < 4.78 is 0. The molecule has 0 amide bonds. The van der Waals surface area contributed by atoms with Gasteiger partial charge in [0.25, 0.3) is 0 Å². The van der Waals surface area contributed by atoms with Gasteiger partial charge in [0.05, 0.1) is 12.3 Å². The van der Waals surface area contributed by atoms with Gasteiger partial charge in [-0.3, -0.25) is 0 Å².